The molecule has 4 heteroatoms. The second-order valence-corrected chi connectivity index (χ2v) is 9.16. The summed E-state index contributed by atoms with van der Waals surface area (Å²) in [6, 6.07) is 17.9. The molecule has 0 unspecified atom stereocenters. The lowest BCUT2D eigenvalue weighted by atomic mass is 9.93. The maximum Gasteiger partial charge on any atom is 0.0646 e. The first-order chi connectivity index (χ1) is 15.7. The predicted molar refractivity (Wildman–Crippen MR) is 131 cm³/mol. The van der Waals surface area contributed by atoms with Crippen molar-refractivity contribution in [1.29, 1.82) is 0 Å². The van der Waals surface area contributed by atoms with Crippen LogP contribution in [0.3, 0.4) is 0 Å². The molecule has 1 fully saturated rings. The Hall–Kier alpha value is -3.08. The largest absolute Gasteiger partial charge is 0.304 e. The standard InChI is InChI=1S/C28H28N4/c1-31-11-13-32(14-12-31)19-20-5-7-21(8-6-20)23-15-26-25(9-10-28(26)30-17-23)24-4-2-3-22-16-29-18-27(22)24/h2-9,15,17-18H,10-14,16,19H2,1H3. The van der Waals surface area contributed by atoms with Gasteiger partial charge in [0.1, 0.15) is 0 Å². The number of aliphatic imine (C=N–C) groups is 1. The molecule has 6 rings (SSSR count). The molecule has 1 aromatic heterocycles. The number of allylic oxidation sites excluding steroid dienone is 1. The minimum Gasteiger partial charge on any atom is -0.304 e. The van der Waals surface area contributed by atoms with Crippen molar-refractivity contribution in [3.8, 4) is 11.1 Å². The van der Waals surface area contributed by atoms with Gasteiger partial charge in [0.05, 0.1) is 12.2 Å². The van der Waals surface area contributed by atoms with E-state index in [1.165, 1.54) is 50.2 Å². The van der Waals surface area contributed by atoms with Gasteiger partial charge >= 0.3 is 0 Å². The molecule has 3 aliphatic rings. The number of fused-ring (bicyclic) bond motifs is 2. The first kappa shape index (κ1) is 19.6. The first-order valence-corrected chi connectivity index (χ1v) is 11.6. The number of hydrogen-bond donors (Lipinski definition) is 0. The SMILES string of the molecule is CN1CCN(Cc2ccc(-c3cnc4c(c3)C(c3cccc5c3C=NC5)=CC4)cc2)CC1. The number of hydrogen-bond acceptors (Lipinski definition) is 4. The van der Waals surface area contributed by atoms with Crippen molar-refractivity contribution in [2.45, 2.75) is 19.5 Å². The molecule has 0 spiro atoms. The molecule has 160 valence electrons. The van der Waals surface area contributed by atoms with Gasteiger partial charge in [0.25, 0.3) is 0 Å². The molecule has 0 saturated carbocycles. The first-order valence-electron chi connectivity index (χ1n) is 11.6. The van der Waals surface area contributed by atoms with Crippen molar-refractivity contribution >= 4 is 11.8 Å². The molecule has 32 heavy (non-hydrogen) atoms. The maximum atomic E-state index is 4.83. The van der Waals surface area contributed by atoms with Gasteiger partial charge in [-0.25, -0.2) is 0 Å². The van der Waals surface area contributed by atoms with E-state index in [2.05, 4.69) is 76.4 Å². The number of rotatable bonds is 4. The number of pyridine rings is 1. The molecule has 0 N–H and O–H groups in total. The van der Waals surface area contributed by atoms with Crippen LogP contribution in [0.25, 0.3) is 16.7 Å². The van der Waals surface area contributed by atoms with Crippen LogP contribution < -0.4 is 0 Å². The van der Waals surface area contributed by atoms with Gasteiger partial charge < -0.3 is 4.90 Å². The third-order valence-corrected chi connectivity index (χ3v) is 7.02. The lowest BCUT2D eigenvalue weighted by Crippen LogP contribution is -2.43. The Morgan fingerprint density at radius 3 is 2.59 bits per heavy atom. The summed E-state index contributed by atoms with van der Waals surface area (Å²) in [7, 11) is 2.20. The summed E-state index contributed by atoms with van der Waals surface area (Å²) in [5.41, 5.74) is 11.4. The fourth-order valence-corrected chi connectivity index (χ4v) is 5.05. The fraction of sp³-hybridized carbons (Fsp3) is 0.286. The third kappa shape index (κ3) is 3.60. The summed E-state index contributed by atoms with van der Waals surface area (Å²) in [5, 5.41) is 0. The molecule has 0 amide bonds. The van der Waals surface area contributed by atoms with Crippen molar-refractivity contribution in [2.24, 2.45) is 4.99 Å². The second kappa shape index (κ2) is 8.12. The molecule has 1 saturated heterocycles. The molecule has 2 aromatic carbocycles. The molecule has 3 heterocycles. The van der Waals surface area contributed by atoms with E-state index in [0.717, 1.165) is 45.7 Å². The van der Waals surface area contributed by atoms with E-state index >= 15 is 0 Å². The van der Waals surface area contributed by atoms with Crippen LogP contribution in [0.1, 0.15) is 33.5 Å². The summed E-state index contributed by atoms with van der Waals surface area (Å²) in [4.78, 5) is 14.3. The van der Waals surface area contributed by atoms with Crippen LogP contribution in [-0.2, 0) is 19.5 Å². The van der Waals surface area contributed by atoms with Crippen LogP contribution in [0.15, 0.2) is 65.8 Å². The predicted octanol–water partition coefficient (Wildman–Crippen LogP) is 4.42. The number of nitrogens with zero attached hydrogens (tertiary/aromatic N) is 4. The van der Waals surface area contributed by atoms with E-state index in [0.29, 0.717) is 0 Å². The van der Waals surface area contributed by atoms with Gasteiger partial charge in [-0.15, -0.1) is 0 Å². The zero-order chi connectivity index (χ0) is 21.5. The Morgan fingerprint density at radius 2 is 1.75 bits per heavy atom. The number of aromatic nitrogens is 1. The normalized spacial score (nSPS) is 18.0. The molecule has 1 aliphatic carbocycles. The van der Waals surface area contributed by atoms with Crippen LogP contribution >= 0.6 is 0 Å². The molecule has 0 bridgehead atoms. The van der Waals surface area contributed by atoms with Crippen molar-refractivity contribution in [1.82, 2.24) is 14.8 Å². The minimum absolute atomic E-state index is 0.794. The summed E-state index contributed by atoms with van der Waals surface area (Å²) in [6.45, 7) is 6.44. The average Bonchev–Trinajstić information content (AvgIpc) is 3.48. The monoisotopic (exact) mass is 420 g/mol. The van der Waals surface area contributed by atoms with Crippen LogP contribution in [0, 0.1) is 0 Å². The Morgan fingerprint density at radius 1 is 0.906 bits per heavy atom. The van der Waals surface area contributed by atoms with E-state index in [4.69, 9.17) is 4.98 Å². The smallest absolute Gasteiger partial charge is 0.0646 e. The summed E-state index contributed by atoms with van der Waals surface area (Å²) >= 11 is 0. The van der Waals surface area contributed by atoms with Crippen LogP contribution in [0.2, 0.25) is 0 Å². The van der Waals surface area contributed by atoms with Gasteiger partial charge in [0.2, 0.25) is 0 Å². The molecule has 0 radical (unpaired) electrons. The highest BCUT2D eigenvalue weighted by molar-refractivity contribution is 5.97. The molecular weight excluding hydrogens is 392 g/mol. The van der Waals surface area contributed by atoms with E-state index in [1.807, 2.05) is 12.4 Å². The van der Waals surface area contributed by atoms with Crippen molar-refractivity contribution < 1.29 is 0 Å². The summed E-state index contributed by atoms with van der Waals surface area (Å²) in [6.07, 6.45) is 7.28. The Balaban J connectivity index is 1.25. The van der Waals surface area contributed by atoms with E-state index in [1.54, 1.807) is 0 Å². The Bertz CT molecular complexity index is 1210. The number of piperazine rings is 1. The quantitative estimate of drug-likeness (QED) is 0.626. The van der Waals surface area contributed by atoms with E-state index < -0.39 is 0 Å². The summed E-state index contributed by atoms with van der Waals surface area (Å²) < 4.78 is 0. The lowest BCUT2D eigenvalue weighted by molar-refractivity contribution is 0.148. The van der Waals surface area contributed by atoms with Crippen molar-refractivity contribution in [3.63, 3.8) is 0 Å². The van der Waals surface area contributed by atoms with Crippen molar-refractivity contribution in [3.05, 3.63) is 94.3 Å². The van der Waals surface area contributed by atoms with Crippen LogP contribution in [0.4, 0.5) is 0 Å². The van der Waals surface area contributed by atoms with Crippen LogP contribution in [0.5, 0.6) is 0 Å². The molecule has 0 atom stereocenters. The molecule has 2 aliphatic heterocycles. The van der Waals surface area contributed by atoms with Crippen LogP contribution in [-0.4, -0.2) is 54.2 Å². The maximum absolute atomic E-state index is 4.83. The Labute approximate surface area is 189 Å². The summed E-state index contributed by atoms with van der Waals surface area (Å²) in [5.74, 6) is 0. The fourth-order valence-electron chi connectivity index (χ4n) is 5.05. The number of benzene rings is 2. The zero-order valence-corrected chi connectivity index (χ0v) is 18.6. The second-order valence-electron chi connectivity index (χ2n) is 9.16. The topological polar surface area (TPSA) is 31.7 Å². The van der Waals surface area contributed by atoms with Gasteiger partial charge in [-0.05, 0) is 40.9 Å². The van der Waals surface area contributed by atoms with Gasteiger partial charge in [0, 0.05) is 68.2 Å². The highest BCUT2D eigenvalue weighted by Gasteiger charge is 2.22. The highest BCUT2D eigenvalue weighted by atomic mass is 15.2. The van der Waals surface area contributed by atoms with E-state index in [9.17, 15) is 0 Å². The molecule has 4 nitrogen and oxygen atoms in total. The lowest BCUT2D eigenvalue weighted by Gasteiger charge is -2.32. The third-order valence-electron chi connectivity index (χ3n) is 7.02. The zero-order valence-electron chi connectivity index (χ0n) is 18.6. The minimum atomic E-state index is 0.794. The molecular formula is C28H28N4. The van der Waals surface area contributed by atoms with Gasteiger partial charge in [-0.1, -0.05) is 48.5 Å². The average molecular weight is 421 g/mol. The van der Waals surface area contributed by atoms with E-state index in [-0.39, 0.29) is 0 Å². The number of likely N-dealkylation sites (N-methyl/N-ethyl adjacent to an activating group) is 1. The Kier molecular flexibility index (Phi) is 4.97. The van der Waals surface area contributed by atoms with Gasteiger partial charge in [-0.3, -0.25) is 14.9 Å². The van der Waals surface area contributed by atoms with Gasteiger partial charge in [0.15, 0.2) is 0 Å². The highest BCUT2D eigenvalue weighted by Crippen LogP contribution is 2.37. The van der Waals surface area contributed by atoms with Crippen molar-refractivity contribution in [2.75, 3.05) is 33.2 Å². The van der Waals surface area contributed by atoms with Gasteiger partial charge in [-0.2, -0.15) is 0 Å². The molecule has 3 aromatic rings.